The fraction of sp³-hybridized carbons (Fsp3) is 0.538. The summed E-state index contributed by atoms with van der Waals surface area (Å²) in [7, 11) is 0. The molecule has 18 heavy (non-hydrogen) atoms. The molecule has 1 heterocycles. The van der Waals surface area contributed by atoms with Crippen molar-refractivity contribution in [1.29, 1.82) is 0 Å². The number of nitrogens with zero attached hydrogens (tertiary/aromatic N) is 1. The van der Waals surface area contributed by atoms with Gasteiger partial charge in [-0.05, 0) is 24.3 Å². The van der Waals surface area contributed by atoms with Gasteiger partial charge in [0.25, 0.3) is 0 Å². The normalized spacial score (nSPS) is 20.9. The molecule has 1 aliphatic rings. The van der Waals surface area contributed by atoms with E-state index >= 15 is 0 Å². The van der Waals surface area contributed by atoms with Crippen LogP contribution in [-0.2, 0) is 4.74 Å². The summed E-state index contributed by atoms with van der Waals surface area (Å²) in [4.78, 5) is 2.14. The van der Waals surface area contributed by atoms with Crippen molar-refractivity contribution in [2.24, 2.45) is 0 Å². The minimum Gasteiger partial charge on any atom is -0.491 e. The highest BCUT2D eigenvalue weighted by molar-refractivity contribution is 5.22. The molecule has 0 radical (unpaired) electrons. The molecule has 1 fully saturated rings. The third kappa shape index (κ3) is 3.94. The highest BCUT2D eigenvalue weighted by atomic mass is 19.1. The van der Waals surface area contributed by atoms with E-state index in [1.54, 1.807) is 12.1 Å². The summed E-state index contributed by atoms with van der Waals surface area (Å²) in [5.41, 5.74) is 0. The van der Waals surface area contributed by atoms with Crippen LogP contribution in [0.25, 0.3) is 0 Å². The molecule has 1 aromatic carbocycles. The van der Waals surface area contributed by atoms with Gasteiger partial charge in [-0.3, -0.25) is 4.90 Å². The van der Waals surface area contributed by atoms with Gasteiger partial charge < -0.3 is 14.6 Å². The SMILES string of the molecule is OCCN1CCO[C@H](COc2ccc(F)cc2)C1. The van der Waals surface area contributed by atoms with Crippen molar-refractivity contribution in [3.05, 3.63) is 30.1 Å². The molecule has 1 atom stereocenters. The highest BCUT2D eigenvalue weighted by Gasteiger charge is 2.20. The van der Waals surface area contributed by atoms with Gasteiger partial charge >= 0.3 is 0 Å². The minimum absolute atomic E-state index is 0.00430. The first-order valence-corrected chi connectivity index (χ1v) is 6.11. The van der Waals surface area contributed by atoms with Crippen molar-refractivity contribution in [2.75, 3.05) is 39.5 Å². The van der Waals surface area contributed by atoms with Crippen LogP contribution in [0.2, 0.25) is 0 Å². The maximum Gasteiger partial charge on any atom is 0.123 e. The van der Waals surface area contributed by atoms with E-state index in [9.17, 15) is 4.39 Å². The first-order chi connectivity index (χ1) is 8.78. The Labute approximate surface area is 106 Å². The van der Waals surface area contributed by atoms with Gasteiger partial charge in [-0.25, -0.2) is 4.39 Å². The lowest BCUT2D eigenvalue weighted by Crippen LogP contribution is -2.45. The van der Waals surface area contributed by atoms with Crippen molar-refractivity contribution >= 4 is 0 Å². The van der Waals surface area contributed by atoms with Gasteiger partial charge in [0, 0.05) is 19.6 Å². The molecule has 2 rings (SSSR count). The molecule has 5 heteroatoms. The molecule has 1 N–H and O–H groups in total. The zero-order valence-electron chi connectivity index (χ0n) is 10.2. The Morgan fingerprint density at radius 1 is 1.39 bits per heavy atom. The van der Waals surface area contributed by atoms with E-state index in [2.05, 4.69) is 4.90 Å². The molecule has 1 saturated heterocycles. The van der Waals surface area contributed by atoms with Crippen molar-refractivity contribution < 1.29 is 19.0 Å². The number of aliphatic hydroxyl groups excluding tert-OH is 1. The monoisotopic (exact) mass is 255 g/mol. The van der Waals surface area contributed by atoms with Crippen LogP contribution in [0.4, 0.5) is 4.39 Å². The summed E-state index contributed by atoms with van der Waals surface area (Å²) < 4.78 is 23.8. The first-order valence-electron chi connectivity index (χ1n) is 6.11. The zero-order chi connectivity index (χ0) is 12.8. The van der Waals surface area contributed by atoms with Crippen molar-refractivity contribution in [1.82, 2.24) is 4.90 Å². The van der Waals surface area contributed by atoms with E-state index in [0.29, 0.717) is 25.5 Å². The number of rotatable bonds is 5. The van der Waals surface area contributed by atoms with E-state index in [4.69, 9.17) is 14.6 Å². The Balaban J connectivity index is 1.77. The maximum absolute atomic E-state index is 12.7. The fourth-order valence-corrected chi connectivity index (χ4v) is 1.95. The van der Waals surface area contributed by atoms with Crippen molar-refractivity contribution in [2.45, 2.75) is 6.10 Å². The standard InChI is InChI=1S/C13H18FNO3/c14-11-1-3-12(4-2-11)18-10-13-9-15(5-7-16)6-8-17-13/h1-4,13,16H,5-10H2/t13-/m0/s1. The second-order valence-electron chi connectivity index (χ2n) is 4.28. The lowest BCUT2D eigenvalue weighted by Gasteiger charge is -2.32. The lowest BCUT2D eigenvalue weighted by molar-refractivity contribution is -0.0508. The number of β-amino-alcohol motifs (C(OH)–C–C–N with tert-alkyl or cyclic N) is 1. The summed E-state index contributed by atoms with van der Waals surface area (Å²) in [6.07, 6.45) is -0.00430. The Hall–Kier alpha value is -1.17. The molecule has 0 unspecified atom stereocenters. The predicted octanol–water partition coefficient (Wildman–Crippen LogP) is 0.898. The van der Waals surface area contributed by atoms with Crippen LogP contribution in [0.5, 0.6) is 5.75 Å². The average Bonchev–Trinajstić information content (AvgIpc) is 2.39. The van der Waals surface area contributed by atoms with Gasteiger partial charge in [0.15, 0.2) is 0 Å². The summed E-state index contributed by atoms with van der Waals surface area (Å²) >= 11 is 0. The van der Waals surface area contributed by atoms with Gasteiger partial charge in [-0.1, -0.05) is 0 Å². The summed E-state index contributed by atoms with van der Waals surface area (Å²) in [5.74, 6) is 0.365. The molecule has 0 spiro atoms. The molecule has 0 aliphatic carbocycles. The number of halogens is 1. The number of ether oxygens (including phenoxy) is 2. The van der Waals surface area contributed by atoms with Crippen LogP contribution in [0, 0.1) is 5.82 Å². The Morgan fingerprint density at radius 3 is 2.89 bits per heavy atom. The predicted molar refractivity (Wildman–Crippen MR) is 65.2 cm³/mol. The molecule has 100 valence electrons. The van der Waals surface area contributed by atoms with Crippen molar-refractivity contribution in [3.63, 3.8) is 0 Å². The Bertz CT molecular complexity index is 356. The molecular weight excluding hydrogens is 237 g/mol. The summed E-state index contributed by atoms with van der Waals surface area (Å²) in [6.45, 7) is 3.50. The molecule has 1 aromatic rings. The van der Waals surface area contributed by atoms with Crippen molar-refractivity contribution in [3.8, 4) is 5.75 Å². The topological polar surface area (TPSA) is 41.9 Å². The zero-order valence-corrected chi connectivity index (χ0v) is 10.2. The largest absolute Gasteiger partial charge is 0.491 e. The number of aliphatic hydroxyl groups is 1. The van der Waals surface area contributed by atoms with Gasteiger partial charge in [-0.2, -0.15) is 0 Å². The quantitative estimate of drug-likeness (QED) is 0.848. The number of hydrogen-bond acceptors (Lipinski definition) is 4. The van der Waals surface area contributed by atoms with Gasteiger partial charge in [0.05, 0.1) is 13.2 Å². The van der Waals surface area contributed by atoms with E-state index in [1.165, 1.54) is 12.1 Å². The molecule has 1 aliphatic heterocycles. The molecule has 0 amide bonds. The highest BCUT2D eigenvalue weighted by Crippen LogP contribution is 2.13. The van der Waals surface area contributed by atoms with E-state index < -0.39 is 0 Å². The summed E-state index contributed by atoms with van der Waals surface area (Å²) in [5, 5.41) is 8.89. The Morgan fingerprint density at radius 2 is 2.17 bits per heavy atom. The van der Waals surface area contributed by atoms with Gasteiger partial charge in [-0.15, -0.1) is 0 Å². The van der Waals surface area contributed by atoms with E-state index in [1.807, 2.05) is 0 Å². The van der Waals surface area contributed by atoms with Crippen LogP contribution in [0.15, 0.2) is 24.3 Å². The lowest BCUT2D eigenvalue weighted by atomic mass is 10.3. The van der Waals surface area contributed by atoms with Gasteiger partial charge in [0.2, 0.25) is 0 Å². The second kappa shape index (κ2) is 6.68. The number of hydrogen-bond donors (Lipinski definition) is 1. The number of benzene rings is 1. The fourth-order valence-electron chi connectivity index (χ4n) is 1.95. The summed E-state index contributed by atoms with van der Waals surface area (Å²) in [6, 6.07) is 5.94. The van der Waals surface area contributed by atoms with Crippen LogP contribution in [-0.4, -0.2) is 55.6 Å². The minimum atomic E-state index is -0.273. The van der Waals surface area contributed by atoms with Crippen LogP contribution >= 0.6 is 0 Å². The maximum atomic E-state index is 12.7. The molecular formula is C13H18FNO3. The first kappa shape index (κ1) is 13.3. The second-order valence-corrected chi connectivity index (χ2v) is 4.28. The van der Waals surface area contributed by atoms with Crippen LogP contribution in [0.3, 0.4) is 0 Å². The Kier molecular flexibility index (Phi) is 4.92. The molecule has 0 saturated carbocycles. The van der Waals surface area contributed by atoms with E-state index in [0.717, 1.165) is 13.1 Å². The van der Waals surface area contributed by atoms with Gasteiger partial charge in [0.1, 0.15) is 24.3 Å². The van der Waals surface area contributed by atoms with Crippen LogP contribution < -0.4 is 4.74 Å². The smallest absolute Gasteiger partial charge is 0.123 e. The third-order valence-corrected chi connectivity index (χ3v) is 2.89. The molecule has 0 bridgehead atoms. The average molecular weight is 255 g/mol. The third-order valence-electron chi connectivity index (χ3n) is 2.89. The van der Waals surface area contributed by atoms with Crippen LogP contribution in [0.1, 0.15) is 0 Å². The number of morpholine rings is 1. The molecule has 0 aromatic heterocycles. The van der Waals surface area contributed by atoms with E-state index in [-0.39, 0.29) is 18.5 Å². The molecule has 4 nitrogen and oxygen atoms in total.